The molecule has 0 aromatic carbocycles. The van der Waals surface area contributed by atoms with Gasteiger partial charge in [-0.3, -0.25) is 4.68 Å². The molecule has 1 atom stereocenters. The fourth-order valence-electron chi connectivity index (χ4n) is 2.60. The van der Waals surface area contributed by atoms with Gasteiger partial charge in [-0.05, 0) is 49.3 Å². The molecule has 0 radical (unpaired) electrons. The molecule has 0 aliphatic rings. The summed E-state index contributed by atoms with van der Waals surface area (Å²) in [6.45, 7) is 6.12. The number of nitrogens with one attached hydrogen (secondary N) is 1. The van der Waals surface area contributed by atoms with Crippen LogP contribution in [0.2, 0.25) is 0 Å². The van der Waals surface area contributed by atoms with E-state index in [9.17, 15) is 0 Å². The molecule has 1 unspecified atom stereocenters. The molecule has 110 valence electrons. The van der Waals surface area contributed by atoms with Gasteiger partial charge in [0, 0.05) is 25.1 Å². The molecule has 0 aliphatic carbocycles. The number of nitrogens with zero attached hydrogens (tertiary/aromatic N) is 2. The summed E-state index contributed by atoms with van der Waals surface area (Å²) in [6.07, 6.45) is 1.81. The highest BCUT2D eigenvalue weighted by Gasteiger charge is 2.21. The van der Waals surface area contributed by atoms with E-state index in [2.05, 4.69) is 39.3 Å². The Morgan fingerprint density at radius 3 is 2.60 bits per heavy atom. The highest BCUT2D eigenvalue weighted by molar-refractivity contribution is 9.10. The van der Waals surface area contributed by atoms with Crippen LogP contribution in [-0.4, -0.2) is 16.8 Å². The number of likely N-dealkylation sites (N-methyl/N-ethyl adjacent to an activating group) is 1. The minimum Gasteiger partial charge on any atom is -0.466 e. The molecule has 4 nitrogen and oxygen atoms in total. The maximum Gasteiger partial charge on any atom is 0.105 e. The molecule has 2 rings (SSSR count). The summed E-state index contributed by atoms with van der Waals surface area (Å²) in [5.74, 6) is 1.94. The van der Waals surface area contributed by atoms with Gasteiger partial charge in [0.15, 0.2) is 0 Å². The van der Waals surface area contributed by atoms with Crippen LogP contribution in [-0.2, 0) is 19.9 Å². The number of rotatable bonds is 5. The van der Waals surface area contributed by atoms with Crippen LogP contribution in [0, 0.1) is 13.8 Å². The zero-order valence-electron chi connectivity index (χ0n) is 12.7. The summed E-state index contributed by atoms with van der Waals surface area (Å²) in [6, 6.07) is 2.34. The van der Waals surface area contributed by atoms with E-state index < -0.39 is 0 Å². The van der Waals surface area contributed by atoms with Crippen molar-refractivity contribution in [3.8, 4) is 0 Å². The van der Waals surface area contributed by atoms with Crippen molar-refractivity contribution in [1.29, 1.82) is 0 Å². The number of aromatic nitrogens is 2. The Morgan fingerprint density at radius 2 is 2.15 bits per heavy atom. The Morgan fingerprint density at radius 1 is 1.45 bits per heavy atom. The van der Waals surface area contributed by atoms with E-state index in [1.807, 2.05) is 32.6 Å². The summed E-state index contributed by atoms with van der Waals surface area (Å²) in [5, 5.41) is 7.94. The zero-order valence-corrected chi connectivity index (χ0v) is 14.3. The van der Waals surface area contributed by atoms with Crippen LogP contribution in [0.1, 0.15) is 41.4 Å². The molecule has 20 heavy (non-hydrogen) atoms. The van der Waals surface area contributed by atoms with Crippen molar-refractivity contribution < 1.29 is 4.42 Å². The molecular formula is C15H22BrN3O. The lowest BCUT2D eigenvalue weighted by atomic mass is 10.0. The summed E-state index contributed by atoms with van der Waals surface area (Å²) < 4.78 is 8.74. The minimum absolute atomic E-state index is 0.226. The Bertz CT molecular complexity index is 601. The van der Waals surface area contributed by atoms with Crippen molar-refractivity contribution in [3.63, 3.8) is 0 Å². The third-order valence-electron chi connectivity index (χ3n) is 3.70. The lowest BCUT2D eigenvalue weighted by molar-refractivity contribution is 0.487. The maximum atomic E-state index is 5.65. The molecule has 0 saturated heterocycles. The molecule has 0 fully saturated rings. The maximum absolute atomic E-state index is 5.65. The second-order valence-electron chi connectivity index (χ2n) is 5.10. The standard InChI is InChI=1S/C15H22BrN3O/c1-6-12-15(16)14(19(5)18-12)8-13(17-4)11-7-9(2)20-10(11)3/h7,13,17H,6,8H2,1-5H3. The molecule has 1 N–H and O–H groups in total. The summed E-state index contributed by atoms with van der Waals surface area (Å²) in [4.78, 5) is 0. The van der Waals surface area contributed by atoms with Crippen LogP contribution >= 0.6 is 15.9 Å². The van der Waals surface area contributed by atoms with E-state index in [1.54, 1.807) is 0 Å². The topological polar surface area (TPSA) is 43.0 Å². The van der Waals surface area contributed by atoms with Crippen LogP contribution in [0.3, 0.4) is 0 Å². The fraction of sp³-hybridized carbons (Fsp3) is 0.533. The fourth-order valence-corrected chi connectivity index (χ4v) is 3.38. The van der Waals surface area contributed by atoms with Gasteiger partial charge in [-0.1, -0.05) is 6.92 Å². The monoisotopic (exact) mass is 339 g/mol. The molecule has 5 heteroatoms. The van der Waals surface area contributed by atoms with Gasteiger partial charge in [0.05, 0.1) is 15.9 Å². The van der Waals surface area contributed by atoms with E-state index in [0.29, 0.717) is 0 Å². The predicted molar refractivity (Wildman–Crippen MR) is 84.0 cm³/mol. The van der Waals surface area contributed by atoms with Crippen molar-refractivity contribution in [2.24, 2.45) is 7.05 Å². The SMILES string of the molecule is CCc1nn(C)c(CC(NC)c2cc(C)oc2C)c1Br. The summed E-state index contributed by atoms with van der Waals surface area (Å²) in [5.41, 5.74) is 3.54. The van der Waals surface area contributed by atoms with E-state index in [4.69, 9.17) is 4.42 Å². The van der Waals surface area contributed by atoms with Gasteiger partial charge in [-0.2, -0.15) is 5.10 Å². The van der Waals surface area contributed by atoms with E-state index in [-0.39, 0.29) is 6.04 Å². The van der Waals surface area contributed by atoms with Crippen molar-refractivity contribution in [3.05, 3.63) is 39.0 Å². The van der Waals surface area contributed by atoms with E-state index in [0.717, 1.165) is 34.5 Å². The Balaban J connectivity index is 2.31. The number of hydrogen-bond donors (Lipinski definition) is 1. The molecule has 2 aromatic heterocycles. The lowest BCUT2D eigenvalue weighted by Gasteiger charge is -2.16. The Labute approximate surface area is 128 Å². The van der Waals surface area contributed by atoms with Gasteiger partial charge in [-0.25, -0.2) is 0 Å². The second-order valence-corrected chi connectivity index (χ2v) is 5.89. The van der Waals surface area contributed by atoms with Crippen LogP contribution in [0.4, 0.5) is 0 Å². The third-order valence-corrected chi connectivity index (χ3v) is 4.62. The number of furan rings is 1. The average Bonchev–Trinajstić information content (AvgIpc) is 2.87. The first-order valence-electron chi connectivity index (χ1n) is 6.92. The average molecular weight is 340 g/mol. The molecule has 0 bridgehead atoms. The van der Waals surface area contributed by atoms with Gasteiger partial charge < -0.3 is 9.73 Å². The van der Waals surface area contributed by atoms with Gasteiger partial charge in [0.25, 0.3) is 0 Å². The van der Waals surface area contributed by atoms with Crippen molar-refractivity contribution in [1.82, 2.24) is 15.1 Å². The highest BCUT2D eigenvalue weighted by Crippen LogP contribution is 2.29. The Hall–Kier alpha value is -1.07. The molecule has 0 spiro atoms. The summed E-state index contributed by atoms with van der Waals surface area (Å²) in [7, 11) is 3.98. The molecule has 0 amide bonds. The zero-order chi connectivity index (χ0) is 14.9. The van der Waals surface area contributed by atoms with Crippen LogP contribution in [0.15, 0.2) is 15.0 Å². The van der Waals surface area contributed by atoms with Gasteiger partial charge in [0.2, 0.25) is 0 Å². The van der Waals surface area contributed by atoms with Gasteiger partial charge in [-0.15, -0.1) is 0 Å². The van der Waals surface area contributed by atoms with Crippen molar-refractivity contribution in [2.45, 2.75) is 39.7 Å². The van der Waals surface area contributed by atoms with Crippen LogP contribution < -0.4 is 5.32 Å². The first-order valence-corrected chi connectivity index (χ1v) is 7.71. The molecular weight excluding hydrogens is 318 g/mol. The van der Waals surface area contributed by atoms with Gasteiger partial charge in [0.1, 0.15) is 11.5 Å². The molecule has 0 saturated carbocycles. The lowest BCUT2D eigenvalue weighted by Crippen LogP contribution is -2.20. The summed E-state index contributed by atoms with van der Waals surface area (Å²) >= 11 is 3.68. The van der Waals surface area contributed by atoms with Crippen molar-refractivity contribution in [2.75, 3.05) is 7.05 Å². The quantitative estimate of drug-likeness (QED) is 0.907. The largest absolute Gasteiger partial charge is 0.466 e. The van der Waals surface area contributed by atoms with Crippen molar-refractivity contribution >= 4 is 15.9 Å². The molecule has 2 heterocycles. The second kappa shape index (κ2) is 6.14. The Kier molecular flexibility index (Phi) is 4.70. The minimum atomic E-state index is 0.226. The normalized spacial score (nSPS) is 12.9. The molecule has 2 aromatic rings. The van der Waals surface area contributed by atoms with Gasteiger partial charge >= 0.3 is 0 Å². The first kappa shape index (κ1) is 15.3. The first-order chi connectivity index (χ1) is 9.47. The van der Waals surface area contributed by atoms with Crippen LogP contribution in [0.5, 0.6) is 0 Å². The highest BCUT2D eigenvalue weighted by atomic mass is 79.9. The third kappa shape index (κ3) is 2.83. The smallest absolute Gasteiger partial charge is 0.105 e. The number of aryl methyl sites for hydroxylation is 4. The van der Waals surface area contributed by atoms with E-state index >= 15 is 0 Å². The van der Waals surface area contributed by atoms with Crippen LogP contribution in [0.25, 0.3) is 0 Å². The molecule has 0 aliphatic heterocycles. The predicted octanol–water partition coefficient (Wildman–Crippen LogP) is 3.46. The van der Waals surface area contributed by atoms with E-state index in [1.165, 1.54) is 11.3 Å². The number of hydrogen-bond acceptors (Lipinski definition) is 3. The number of halogens is 1.